The van der Waals surface area contributed by atoms with E-state index in [-0.39, 0.29) is 18.8 Å². The first-order valence-corrected chi connectivity index (χ1v) is 8.71. The van der Waals surface area contributed by atoms with Gasteiger partial charge in [-0.3, -0.25) is 19.8 Å². The third-order valence-corrected chi connectivity index (χ3v) is 4.43. The first-order chi connectivity index (χ1) is 13.0. The Balaban J connectivity index is 1.85. The average molecular weight is 409 g/mol. The molecule has 14 heteroatoms. The quantitative estimate of drug-likeness (QED) is 0.222. The lowest BCUT2D eigenvalue weighted by Gasteiger charge is -2.19. The molecule has 1 aromatic rings. The monoisotopic (exact) mass is 409 g/mol. The molecule has 3 unspecified atom stereocenters. The third-order valence-electron chi connectivity index (χ3n) is 3.45. The van der Waals surface area contributed by atoms with Gasteiger partial charge in [0.25, 0.3) is 0 Å². The van der Waals surface area contributed by atoms with E-state index in [1.165, 1.54) is 23.9 Å². The van der Waals surface area contributed by atoms with Gasteiger partial charge in [-0.1, -0.05) is 0 Å². The number of carbonyl (C=O) groups is 1. The summed E-state index contributed by atoms with van der Waals surface area (Å²) in [4.78, 5) is 26.4. The number of rotatable bonds is 9. The van der Waals surface area contributed by atoms with Gasteiger partial charge in [0.1, 0.15) is 12.3 Å². The molecule has 2 rings (SSSR count). The second kappa shape index (κ2) is 10.5. The number of ether oxygens (including phenoxy) is 3. The Morgan fingerprint density at radius 2 is 2.26 bits per heavy atom. The second-order valence-corrected chi connectivity index (χ2v) is 6.42. The zero-order valence-electron chi connectivity index (χ0n) is 14.5. The van der Waals surface area contributed by atoms with Gasteiger partial charge < -0.3 is 28.4 Å². The van der Waals surface area contributed by atoms with Crippen molar-refractivity contribution in [2.24, 2.45) is 0 Å². The zero-order chi connectivity index (χ0) is 19.8. The summed E-state index contributed by atoms with van der Waals surface area (Å²) in [6.07, 6.45) is -1.80. The van der Waals surface area contributed by atoms with Gasteiger partial charge in [0, 0.05) is 19.7 Å². The van der Waals surface area contributed by atoms with Crippen LogP contribution < -0.4 is 11.2 Å². The Morgan fingerprint density at radius 1 is 1.48 bits per heavy atom. The van der Waals surface area contributed by atoms with Crippen LogP contribution in [0, 0.1) is 0 Å². The lowest BCUT2D eigenvalue weighted by molar-refractivity contribution is -0.0478. The van der Waals surface area contributed by atoms with Crippen LogP contribution in [0.3, 0.4) is 0 Å². The Bertz CT molecular complexity index is 674. The molecule has 0 aromatic carbocycles. The van der Waals surface area contributed by atoms with E-state index in [2.05, 4.69) is 14.5 Å². The highest BCUT2D eigenvalue weighted by atomic mass is 31.2. The van der Waals surface area contributed by atoms with Crippen molar-refractivity contribution in [3.05, 3.63) is 22.7 Å². The number of hydrogen-bond donors (Lipinski definition) is 3. The Labute approximate surface area is 154 Å². The van der Waals surface area contributed by atoms with Gasteiger partial charge in [0.05, 0.1) is 19.8 Å². The smallest absolute Gasteiger partial charge is 0.438 e. The molecule has 27 heavy (non-hydrogen) atoms. The van der Waals surface area contributed by atoms with E-state index in [0.29, 0.717) is 0 Å². The van der Waals surface area contributed by atoms with E-state index in [1.807, 2.05) is 0 Å². The maximum atomic E-state index is 11.9. The van der Waals surface area contributed by atoms with Crippen LogP contribution in [-0.4, -0.2) is 65.8 Å². The standard InChI is InChI=1S/C13H20N3O10P/c1-21-13(19)23-7-25-27(22-2)24-6-9-8(17)5-11(26-9)16-4-3-10(15-20)14-12(16)18/h3-4,8-9,11,17,20H,5-7H2,1-2H3,(H,14,15,18)/t8-,9?,11?,27?/m0/s1. The van der Waals surface area contributed by atoms with Crippen molar-refractivity contribution >= 4 is 20.6 Å². The predicted octanol–water partition coefficient (Wildman–Crippen LogP) is 0.340. The minimum Gasteiger partial charge on any atom is -0.438 e. The summed E-state index contributed by atoms with van der Waals surface area (Å²) in [6, 6.07) is 1.38. The second-order valence-electron chi connectivity index (χ2n) is 5.09. The zero-order valence-corrected chi connectivity index (χ0v) is 15.4. The number of hydrogen-bond acceptors (Lipinski definition) is 12. The normalized spacial score (nSPS) is 23.0. The molecule has 0 aliphatic carbocycles. The minimum absolute atomic E-state index is 0.00765. The molecule has 0 saturated carbocycles. The largest absolute Gasteiger partial charge is 0.510 e. The summed E-state index contributed by atoms with van der Waals surface area (Å²) in [7, 11) is 0.637. The highest BCUT2D eigenvalue weighted by Gasteiger charge is 2.36. The van der Waals surface area contributed by atoms with Crippen molar-refractivity contribution in [3.8, 4) is 0 Å². The maximum Gasteiger partial charge on any atom is 0.510 e. The number of nitrogens with one attached hydrogen (secondary N) is 1. The predicted molar refractivity (Wildman–Crippen MR) is 87.8 cm³/mol. The van der Waals surface area contributed by atoms with Gasteiger partial charge in [-0.15, -0.1) is 0 Å². The Morgan fingerprint density at radius 3 is 2.89 bits per heavy atom. The first kappa shape index (κ1) is 21.4. The molecule has 1 fully saturated rings. The third kappa shape index (κ3) is 6.07. The molecule has 4 atom stereocenters. The van der Waals surface area contributed by atoms with Crippen molar-refractivity contribution in [1.29, 1.82) is 0 Å². The van der Waals surface area contributed by atoms with Crippen molar-refractivity contribution < 1.29 is 42.9 Å². The Hall–Kier alpha value is -1.86. The minimum atomic E-state index is -1.85. The number of anilines is 1. The molecule has 3 N–H and O–H groups in total. The summed E-state index contributed by atoms with van der Waals surface area (Å²) in [5.74, 6) is -0.00765. The van der Waals surface area contributed by atoms with Gasteiger partial charge in [-0.05, 0) is 6.07 Å². The highest BCUT2D eigenvalue weighted by Crippen LogP contribution is 2.40. The van der Waals surface area contributed by atoms with Crippen LogP contribution in [-0.2, 0) is 27.8 Å². The number of methoxy groups -OCH3 is 1. The van der Waals surface area contributed by atoms with Crippen LogP contribution in [0.15, 0.2) is 17.1 Å². The number of carbonyl (C=O) groups excluding carboxylic acids is 1. The van der Waals surface area contributed by atoms with E-state index in [4.69, 9.17) is 23.5 Å². The summed E-state index contributed by atoms with van der Waals surface area (Å²) in [5, 5.41) is 18.9. The lowest BCUT2D eigenvalue weighted by Crippen LogP contribution is -2.28. The van der Waals surface area contributed by atoms with Gasteiger partial charge in [-0.2, -0.15) is 4.98 Å². The number of aromatic nitrogens is 2. The molecule has 1 aliphatic heterocycles. The van der Waals surface area contributed by atoms with Gasteiger partial charge in [0.15, 0.2) is 5.82 Å². The summed E-state index contributed by atoms with van der Waals surface area (Å²) < 4.78 is 31.1. The molecule has 0 spiro atoms. The van der Waals surface area contributed by atoms with Gasteiger partial charge >= 0.3 is 20.4 Å². The number of aliphatic hydroxyl groups is 1. The van der Waals surface area contributed by atoms with Crippen LogP contribution in [0.4, 0.5) is 10.6 Å². The van der Waals surface area contributed by atoms with Crippen LogP contribution in [0.25, 0.3) is 0 Å². The van der Waals surface area contributed by atoms with Crippen molar-refractivity contribution in [2.45, 2.75) is 24.9 Å². The van der Waals surface area contributed by atoms with Crippen molar-refractivity contribution in [1.82, 2.24) is 9.55 Å². The fraction of sp³-hybridized carbons (Fsp3) is 0.615. The fourth-order valence-electron chi connectivity index (χ4n) is 2.18. The van der Waals surface area contributed by atoms with E-state index in [9.17, 15) is 14.7 Å². The summed E-state index contributed by atoms with van der Waals surface area (Å²) in [6.45, 7) is -0.525. The SMILES string of the molecule is COC(=O)OCOP(OC)OCC1OC(n2ccc(NO)nc2=O)C[C@@H]1O. The van der Waals surface area contributed by atoms with Crippen LogP contribution >= 0.6 is 8.60 Å². The molecule has 1 aromatic heterocycles. The first-order valence-electron chi connectivity index (χ1n) is 7.62. The van der Waals surface area contributed by atoms with Crippen LogP contribution in [0.2, 0.25) is 0 Å². The molecule has 1 aliphatic rings. The summed E-state index contributed by atoms with van der Waals surface area (Å²) in [5.41, 5.74) is 1.11. The number of nitrogens with zero attached hydrogens (tertiary/aromatic N) is 2. The highest BCUT2D eigenvalue weighted by molar-refractivity contribution is 7.41. The van der Waals surface area contributed by atoms with Gasteiger partial charge in [-0.25, -0.2) is 9.59 Å². The molecule has 2 heterocycles. The van der Waals surface area contributed by atoms with E-state index in [1.54, 1.807) is 5.48 Å². The van der Waals surface area contributed by atoms with E-state index >= 15 is 0 Å². The average Bonchev–Trinajstić information content (AvgIpc) is 3.04. The van der Waals surface area contributed by atoms with Crippen molar-refractivity contribution in [3.63, 3.8) is 0 Å². The molecule has 0 radical (unpaired) electrons. The lowest BCUT2D eigenvalue weighted by atomic mass is 10.2. The maximum absolute atomic E-state index is 11.9. The van der Waals surface area contributed by atoms with E-state index in [0.717, 1.165) is 7.11 Å². The van der Waals surface area contributed by atoms with Crippen LogP contribution in [0.5, 0.6) is 0 Å². The molecular weight excluding hydrogens is 389 g/mol. The molecule has 13 nitrogen and oxygen atoms in total. The molecule has 1 saturated heterocycles. The molecule has 152 valence electrons. The topological polar surface area (TPSA) is 160 Å². The van der Waals surface area contributed by atoms with Crippen LogP contribution in [0.1, 0.15) is 12.6 Å². The molecular formula is C13H20N3O10P. The number of aliphatic hydroxyl groups excluding tert-OH is 1. The van der Waals surface area contributed by atoms with Gasteiger partial charge in [0.2, 0.25) is 6.79 Å². The van der Waals surface area contributed by atoms with Crippen molar-refractivity contribution in [2.75, 3.05) is 33.1 Å². The summed E-state index contributed by atoms with van der Waals surface area (Å²) >= 11 is 0. The Kier molecular flexibility index (Phi) is 8.31. The van der Waals surface area contributed by atoms with E-state index < -0.39 is 45.7 Å². The molecule has 0 bridgehead atoms. The fourth-order valence-corrected chi connectivity index (χ4v) is 2.88. The molecule has 0 amide bonds.